The van der Waals surface area contributed by atoms with E-state index in [1.807, 2.05) is 149 Å². The van der Waals surface area contributed by atoms with Gasteiger partial charge in [0, 0.05) is 107 Å². The van der Waals surface area contributed by atoms with Crippen LogP contribution in [0.3, 0.4) is 0 Å². The molecule has 0 radical (unpaired) electrons. The smallest absolute Gasteiger partial charge is 0.341 e. The van der Waals surface area contributed by atoms with Crippen molar-refractivity contribution in [1.82, 2.24) is 39.5 Å². The summed E-state index contributed by atoms with van der Waals surface area (Å²) >= 11 is 13.3. The van der Waals surface area contributed by atoms with Gasteiger partial charge in [0.15, 0.2) is 28.9 Å². The number of carboxylic acid groups (broad SMARTS) is 1. The van der Waals surface area contributed by atoms with Crippen LogP contribution >= 0.6 is 23.2 Å². The van der Waals surface area contributed by atoms with Crippen LogP contribution in [-0.4, -0.2) is 67.8 Å². The Labute approximate surface area is 565 Å². The highest BCUT2D eigenvalue weighted by Gasteiger charge is 2.22. The van der Waals surface area contributed by atoms with E-state index in [4.69, 9.17) is 53.5 Å². The number of aromatic nitrogens is 8. The molecule has 0 saturated heterocycles. The highest BCUT2D eigenvalue weighted by Crippen LogP contribution is 2.37. The van der Waals surface area contributed by atoms with Crippen molar-refractivity contribution in [3.05, 3.63) is 325 Å². The van der Waals surface area contributed by atoms with Crippen molar-refractivity contribution >= 4 is 63.7 Å². The Bertz CT molecular complexity index is 4840. The van der Waals surface area contributed by atoms with Crippen molar-refractivity contribution in [3.63, 3.8) is 0 Å². The molecule has 6 aromatic heterocycles. The third kappa shape index (κ3) is 17.4. The summed E-state index contributed by atoms with van der Waals surface area (Å²) in [4.78, 5) is 76.8. The normalized spacial score (nSPS) is 10.7. The predicted octanol–water partition coefficient (Wildman–Crippen LogP) is 16.5. The number of nitrogens with two attached hydrogens (primary N) is 1. The zero-order chi connectivity index (χ0) is 68.5. The molecule has 0 aliphatic carbocycles. The van der Waals surface area contributed by atoms with Gasteiger partial charge in [0.25, 0.3) is 0 Å². The number of benzene rings is 6. The molecule has 6 heterocycles. The van der Waals surface area contributed by atoms with Crippen molar-refractivity contribution < 1.29 is 33.0 Å². The molecule has 0 unspecified atom stereocenters. The summed E-state index contributed by atoms with van der Waals surface area (Å²) in [6, 6.07) is 59.7. The summed E-state index contributed by atoms with van der Waals surface area (Å²) in [5.74, 6) is -0.592. The van der Waals surface area contributed by atoms with Gasteiger partial charge in [-0.2, -0.15) is 10.2 Å². The summed E-state index contributed by atoms with van der Waals surface area (Å²) in [6.07, 6.45) is 8.77. The Balaban J connectivity index is 0.000000176. The van der Waals surface area contributed by atoms with Crippen molar-refractivity contribution in [1.29, 1.82) is 0 Å². The number of ketones is 1. The van der Waals surface area contributed by atoms with Gasteiger partial charge in [0.05, 0.1) is 28.9 Å². The lowest BCUT2D eigenvalue weighted by molar-refractivity contribution is 0.0693. The zero-order valence-corrected chi connectivity index (χ0v) is 53.9. The fourth-order valence-corrected chi connectivity index (χ4v) is 9.74. The number of anilines is 1. The highest BCUT2D eigenvalue weighted by atomic mass is 35.5. The van der Waals surface area contributed by atoms with Crippen LogP contribution in [0, 0.1) is 11.6 Å². The molecule has 3 N–H and O–H groups in total. The van der Waals surface area contributed by atoms with Crippen molar-refractivity contribution in [2.45, 2.75) is 46.2 Å². The number of pyridine rings is 4. The third-order valence-electron chi connectivity index (χ3n) is 14.3. The van der Waals surface area contributed by atoms with Crippen LogP contribution in [0.15, 0.2) is 263 Å². The molecule has 97 heavy (non-hydrogen) atoms. The number of halogens is 4. The largest absolute Gasteiger partial charge is 0.477 e. The average Bonchev–Trinajstić information content (AvgIpc) is 0.830. The van der Waals surface area contributed by atoms with Gasteiger partial charge in [-0.25, -0.2) is 43.5 Å². The van der Waals surface area contributed by atoms with Crippen LogP contribution in [0.4, 0.5) is 26.1 Å². The van der Waals surface area contributed by atoms with E-state index in [0.29, 0.717) is 56.3 Å². The van der Waals surface area contributed by atoms with E-state index < -0.39 is 34.2 Å². The molecule has 0 saturated carbocycles. The lowest BCUT2D eigenvalue weighted by atomic mass is 10.0. The minimum absolute atomic E-state index is 0.00130. The Kier molecular flexibility index (Phi) is 22.2. The summed E-state index contributed by atoms with van der Waals surface area (Å²) < 4.78 is 41.2. The molecule has 0 aliphatic heterocycles. The van der Waals surface area contributed by atoms with E-state index in [-0.39, 0.29) is 57.7 Å². The predicted molar refractivity (Wildman–Crippen MR) is 371 cm³/mol. The minimum Gasteiger partial charge on any atom is -0.477 e. The van der Waals surface area contributed by atoms with E-state index >= 15 is 0 Å². The van der Waals surface area contributed by atoms with Crippen LogP contribution in [0.5, 0.6) is 23.3 Å². The number of nitrogens with zero attached hydrogens (tertiary/aromatic N) is 10. The van der Waals surface area contributed by atoms with E-state index in [0.717, 1.165) is 28.0 Å². The number of carbonyl (C=O) groups excluding carboxylic acids is 1. The maximum Gasteiger partial charge on any atom is 0.341 e. The molecular weight excluding hydrogens is 1280 g/mol. The zero-order valence-electron chi connectivity index (χ0n) is 52.4. The van der Waals surface area contributed by atoms with Gasteiger partial charge in [-0.15, -0.1) is 0 Å². The van der Waals surface area contributed by atoms with Crippen LogP contribution in [-0.2, 0) is 6.42 Å². The molecule has 0 spiro atoms. The number of ether oxygens (including phenoxy) is 2. The Morgan fingerprint density at radius 1 is 0.505 bits per heavy atom. The first-order valence-corrected chi connectivity index (χ1v) is 30.9. The second-order valence-corrected chi connectivity index (χ2v) is 22.7. The lowest BCUT2D eigenvalue weighted by Crippen LogP contribution is -2.24. The quantitative estimate of drug-likeness (QED) is 0.0599. The Morgan fingerprint density at radius 3 is 1.25 bits per heavy atom. The third-order valence-corrected chi connectivity index (χ3v) is 15.1. The molecule has 12 rings (SSSR count). The maximum atomic E-state index is 13.5. The van der Waals surface area contributed by atoms with Gasteiger partial charge in [-0.05, 0) is 87.9 Å². The number of hydrogen-bond donors (Lipinski definition) is 2. The van der Waals surface area contributed by atoms with Crippen LogP contribution in [0.1, 0.15) is 88.3 Å². The van der Waals surface area contributed by atoms with Crippen molar-refractivity contribution in [2.24, 2.45) is 9.98 Å². The monoisotopic (exact) mass is 1330 g/mol. The molecule has 0 atom stereocenters. The Hall–Kier alpha value is -12.0. The van der Waals surface area contributed by atoms with Gasteiger partial charge < -0.3 is 20.3 Å². The highest BCUT2D eigenvalue weighted by molar-refractivity contribution is 6.35. The van der Waals surface area contributed by atoms with Gasteiger partial charge >= 0.3 is 5.97 Å². The summed E-state index contributed by atoms with van der Waals surface area (Å²) in [7, 11) is 0. The molecular formula is C75H59Cl2F2N11O7. The number of hydrogen-bond acceptors (Lipinski definition) is 15. The molecule has 12 aromatic rings. The van der Waals surface area contributed by atoms with E-state index in [1.165, 1.54) is 78.0 Å². The minimum atomic E-state index is -1.31. The summed E-state index contributed by atoms with van der Waals surface area (Å²) in [5.41, 5.74) is 11.3. The van der Waals surface area contributed by atoms with E-state index in [9.17, 15) is 28.0 Å². The van der Waals surface area contributed by atoms with Gasteiger partial charge in [0.1, 0.15) is 38.6 Å². The van der Waals surface area contributed by atoms with E-state index in [2.05, 4.69) is 30.1 Å². The van der Waals surface area contributed by atoms with Crippen molar-refractivity contribution in [3.8, 4) is 45.8 Å². The van der Waals surface area contributed by atoms with E-state index in [1.54, 1.807) is 53.5 Å². The fourth-order valence-electron chi connectivity index (χ4n) is 9.36. The maximum absolute atomic E-state index is 13.5. The van der Waals surface area contributed by atoms with Crippen LogP contribution in [0.25, 0.3) is 22.5 Å². The second kappa shape index (κ2) is 31.8. The van der Waals surface area contributed by atoms with Gasteiger partial charge in [0.2, 0.25) is 22.6 Å². The second-order valence-electron chi connectivity index (χ2n) is 21.9. The van der Waals surface area contributed by atoms with Gasteiger partial charge in [-0.3, -0.25) is 23.7 Å². The number of carboxylic acids is 1. The first-order chi connectivity index (χ1) is 46.9. The first kappa shape index (κ1) is 67.9. The first-order valence-electron chi connectivity index (χ1n) is 30.1. The molecule has 0 bridgehead atoms. The molecule has 0 aliphatic rings. The SMILES string of the molecule is CC(C)n1cc(C(=O)Cc2ccc(Oc3ccnc(N=C(c4ccccc4)c4ccccc4)c3Cl)nc2)c(=O)c(-c2ccc(F)cc2)n1.CC(C)n1cc(C(=O)O)c(=O)c(-c2ccc(F)cc2)n1.Nc1ccc(Oc2ccnc(N=C(c3ccccc3)c3ccccc3)c2Cl)nc1. The summed E-state index contributed by atoms with van der Waals surface area (Å²) in [5, 5.41) is 18.1. The molecule has 484 valence electrons. The van der Waals surface area contributed by atoms with Gasteiger partial charge in [-0.1, -0.05) is 151 Å². The van der Waals surface area contributed by atoms with Crippen LogP contribution in [0.2, 0.25) is 10.0 Å². The number of rotatable bonds is 18. The number of nitrogen functional groups attached to an aromatic ring is 1. The molecule has 22 heteroatoms. The lowest BCUT2D eigenvalue weighted by Gasteiger charge is -2.13. The van der Waals surface area contributed by atoms with Crippen LogP contribution < -0.4 is 26.1 Å². The molecule has 18 nitrogen and oxygen atoms in total. The number of aromatic carboxylic acids is 1. The fraction of sp³-hybridized carbons (Fsp3) is 0.0933. The standard InChI is InChI=1S/C38H29ClFN5O3.C23H17ClN4O.C14H13FN2O3/c1-24(2)45-23-30(37(47)36(44-45)28-14-16-29(40)17-15-28)31(46)21-25-13-18-33(42-22-25)48-32-19-20-41-38(34(32)39)43-35(26-9-5-3-6-10-26)27-11-7-4-8-12-27;24-21-19(29-20-12-11-18(25)15-27-20)13-14-26-23(21)28-22(16-7-3-1-4-8-16)17-9-5-2-6-10-17;1-8(2)17-7-11(14(19)20)13(18)12(16-17)9-3-5-10(15)6-4-9/h3-20,22-24H,21H2,1-2H3;1-15H,25H2;3-8H,1-2H3,(H,19,20). The Morgan fingerprint density at radius 2 is 0.887 bits per heavy atom. The topological polar surface area (TPSA) is 245 Å². The summed E-state index contributed by atoms with van der Waals surface area (Å²) in [6.45, 7) is 7.41. The number of Topliss-reactive ketones (excluding diaryl/α,β-unsaturated/α-hetero) is 1. The van der Waals surface area contributed by atoms with Crippen molar-refractivity contribution in [2.75, 3.05) is 5.73 Å². The average molecular weight is 1340 g/mol. The molecule has 0 amide bonds. The molecule has 0 fully saturated rings. The molecule has 6 aromatic carbocycles. The number of carbonyl (C=O) groups is 2. The number of aliphatic imine (C=N–C) groups is 2.